The highest BCUT2D eigenvalue weighted by atomic mass is 35.5. The fourth-order valence-corrected chi connectivity index (χ4v) is 3.50. The number of nitrogens with one attached hydrogen (secondary N) is 2. The summed E-state index contributed by atoms with van der Waals surface area (Å²) in [4.78, 5) is 4.56. The summed E-state index contributed by atoms with van der Waals surface area (Å²) in [7, 11) is 0. The van der Waals surface area contributed by atoms with Crippen molar-refractivity contribution in [2.24, 2.45) is 4.99 Å². The van der Waals surface area contributed by atoms with Crippen LogP contribution >= 0.6 is 12.4 Å². The van der Waals surface area contributed by atoms with Gasteiger partial charge in [0.25, 0.3) is 0 Å². The van der Waals surface area contributed by atoms with Crippen molar-refractivity contribution in [2.75, 3.05) is 0 Å². The molecule has 3 aromatic carbocycles. The van der Waals surface area contributed by atoms with Crippen LogP contribution in [0.2, 0.25) is 0 Å². The lowest BCUT2D eigenvalue weighted by Crippen LogP contribution is -2.25. The van der Waals surface area contributed by atoms with Crippen molar-refractivity contribution < 1.29 is 8.78 Å². The van der Waals surface area contributed by atoms with E-state index in [4.69, 9.17) is 0 Å². The molecule has 3 nitrogen and oxygen atoms in total. The van der Waals surface area contributed by atoms with E-state index in [9.17, 15) is 8.78 Å². The molecule has 0 aliphatic carbocycles. The summed E-state index contributed by atoms with van der Waals surface area (Å²) in [5.74, 6) is -1.06. The van der Waals surface area contributed by atoms with Crippen molar-refractivity contribution in [3.05, 3.63) is 106 Å². The lowest BCUT2D eigenvalue weighted by atomic mass is 9.94. The molecule has 2 atom stereocenters. The summed E-state index contributed by atoms with van der Waals surface area (Å²) in [6.45, 7) is 4.39. The number of hydrogen-bond acceptors (Lipinski definition) is 1. The maximum Gasteiger partial charge on any atom is 0.192 e. The van der Waals surface area contributed by atoms with Gasteiger partial charge in [-0.3, -0.25) is 0 Å². The van der Waals surface area contributed by atoms with Gasteiger partial charge in [-0.05, 0) is 42.7 Å². The van der Waals surface area contributed by atoms with Crippen LogP contribution in [0.25, 0.3) is 0 Å². The van der Waals surface area contributed by atoms with E-state index in [1.807, 2.05) is 0 Å². The standard InChI is InChI=1S/C24H23F2N3.ClH/c1-15-3-8-18(9-4-15)22-23(19-10-5-16(2)6-11-19)29-24(28-22)27-14-17-7-12-20(25)21(26)13-17;/h3-13,22-23H,14H2,1-2H3,(H2,27,28,29);1H. The van der Waals surface area contributed by atoms with E-state index in [0.717, 1.165) is 17.2 Å². The van der Waals surface area contributed by atoms with Crippen LogP contribution in [-0.4, -0.2) is 5.96 Å². The first kappa shape index (κ1) is 21.8. The molecule has 0 radical (unpaired) electrons. The zero-order chi connectivity index (χ0) is 20.4. The number of benzene rings is 3. The summed E-state index contributed by atoms with van der Waals surface area (Å²) in [6.07, 6.45) is 0. The summed E-state index contributed by atoms with van der Waals surface area (Å²) in [6, 6.07) is 20.8. The Bertz CT molecular complexity index is 978. The molecule has 2 unspecified atom stereocenters. The highest BCUT2D eigenvalue weighted by molar-refractivity contribution is 5.85. The Morgan fingerprint density at radius 1 is 0.733 bits per heavy atom. The largest absolute Gasteiger partial charge is 0.347 e. The Labute approximate surface area is 181 Å². The van der Waals surface area contributed by atoms with E-state index < -0.39 is 11.6 Å². The number of aliphatic imine (C=N–C) groups is 1. The van der Waals surface area contributed by atoms with Crippen LogP contribution in [-0.2, 0) is 6.54 Å². The summed E-state index contributed by atoms with van der Waals surface area (Å²) in [5, 5.41) is 6.91. The molecule has 4 rings (SSSR count). The molecule has 1 saturated heterocycles. The Morgan fingerprint density at radius 2 is 1.23 bits per heavy atom. The molecule has 1 heterocycles. The molecule has 0 saturated carbocycles. The van der Waals surface area contributed by atoms with Gasteiger partial charge in [0.2, 0.25) is 0 Å². The third kappa shape index (κ3) is 4.79. The van der Waals surface area contributed by atoms with E-state index in [-0.39, 0.29) is 31.0 Å². The van der Waals surface area contributed by atoms with Crippen molar-refractivity contribution in [3.8, 4) is 0 Å². The second-order valence-electron chi connectivity index (χ2n) is 7.48. The van der Waals surface area contributed by atoms with Gasteiger partial charge in [-0.1, -0.05) is 65.7 Å². The number of nitrogens with zero attached hydrogens (tertiary/aromatic N) is 1. The normalized spacial score (nSPS) is 17.7. The minimum atomic E-state index is -0.856. The molecule has 6 heteroatoms. The summed E-state index contributed by atoms with van der Waals surface area (Å²) in [5.41, 5.74) is 5.35. The van der Waals surface area contributed by atoms with Gasteiger partial charge in [0.05, 0.1) is 18.6 Å². The van der Waals surface area contributed by atoms with Gasteiger partial charge < -0.3 is 10.6 Å². The Hall–Kier alpha value is -2.92. The fourth-order valence-electron chi connectivity index (χ4n) is 3.50. The number of hydrogen-bond donors (Lipinski definition) is 2. The van der Waals surface area contributed by atoms with Gasteiger partial charge in [0.1, 0.15) is 0 Å². The number of guanidine groups is 1. The predicted octanol–water partition coefficient (Wildman–Crippen LogP) is 5.53. The molecule has 2 N–H and O–H groups in total. The number of aryl methyl sites for hydroxylation is 2. The molecular weight excluding hydrogens is 404 g/mol. The molecular formula is C24H24ClF2N3. The Morgan fingerprint density at radius 3 is 1.70 bits per heavy atom. The van der Waals surface area contributed by atoms with E-state index in [1.165, 1.54) is 17.2 Å². The zero-order valence-corrected chi connectivity index (χ0v) is 17.6. The number of halogens is 3. The Balaban J connectivity index is 0.00000256. The Kier molecular flexibility index (Phi) is 6.73. The lowest BCUT2D eigenvalue weighted by molar-refractivity contribution is 0.507. The van der Waals surface area contributed by atoms with E-state index in [2.05, 4.69) is 78.0 Å². The molecule has 0 spiro atoms. The second-order valence-corrected chi connectivity index (χ2v) is 7.48. The monoisotopic (exact) mass is 427 g/mol. The molecule has 1 aliphatic rings. The summed E-state index contributed by atoms with van der Waals surface area (Å²) < 4.78 is 26.6. The highest BCUT2D eigenvalue weighted by Gasteiger charge is 2.32. The van der Waals surface area contributed by atoms with Gasteiger partial charge in [-0.2, -0.15) is 0 Å². The molecule has 3 aromatic rings. The highest BCUT2D eigenvalue weighted by Crippen LogP contribution is 2.32. The molecule has 1 fully saturated rings. The van der Waals surface area contributed by atoms with Gasteiger partial charge >= 0.3 is 0 Å². The third-order valence-corrected chi connectivity index (χ3v) is 5.19. The predicted molar refractivity (Wildman–Crippen MR) is 119 cm³/mol. The van der Waals surface area contributed by atoms with Crippen LogP contribution in [0.5, 0.6) is 0 Å². The third-order valence-electron chi connectivity index (χ3n) is 5.19. The van der Waals surface area contributed by atoms with Crippen molar-refractivity contribution >= 4 is 18.4 Å². The smallest absolute Gasteiger partial charge is 0.192 e. The fraction of sp³-hybridized carbons (Fsp3) is 0.208. The van der Waals surface area contributed by atoms with Crippen molar-refractivity contribution in [2.45, 2.75) is 32.5 Å². The van der Waals surface area contributed by atoms with Crippen LogP contribution in [0.1, 0.15) is 39.9 Å². The molecule has 1 aliphatic heterocycles. The van der Waals surface area contributed by atoms with Crippen LogP contribution in [0, 0.1) is 25.5 Å². The second kappa shape index (κ2) is 9.26. The minimum absolute atomic E-state index is 0. The van der Waals surface area contributed by atoms with Crippen LogP contribution < -0.4 is 10.6 Å². The minimum Gasteiger partial charge on any atom is -0.347 e. The van der Waals surface area contributed by atoms with Crippen LogP contribution in [0.15, 0.2) is 71.7 Å². The van der Waals surface area contributed by atoms with E-state index >= 15 is 0 Å². The van der Waals surface area contributed by atoms with Crippen molar-refractivity contribution in [1.82, 2.24) is 10.6 Å². The first-order valence-electron chi connectivity index (χ1n) is 9.64. The van der Waals surface area contributed by atoms with Crippen molar-refractivity contribution in [3.63, 3.8) is 0 Å². The first-order chi connectivity index (χ1) is 14.0. The molecule has 156 valence electrons. The maximum atomic E-state index is 13.5. The lowest BCUT2D eigenvalue weighted by Gasteiger charge is -2.20. The topological polar surface area (TPSA) is 36.4 Å². The van der Waals surface area contributed by atoms with E-state index in [0.29, 0.717) is 11.5 Å². The van der Waals surface area contributed by atoms with Gasteiger partial charge in [0, 0.05) is 0 Å². The average molecular weight is 428 g/mol. The van der Waals surface area contributed by atoms with Gasteiger partial charge in [-0.15, -0.1) is 12.4 Å². The molecule has 0 bridgehead atoms. The quantitative estimate of drug-likeness (QED) is 0.574. The average Bonchev–Trinajstić information content (AvgIpc) is 3.14. The summed E-state index contributed by atoms with van der Waals surface area (Å²) >= 11 is 0. The maximum absolute atomic E-state index is 13.5. The van der Waals surface area contributed by atoms with E-state index in [1.54, 1.807) is 6.07 Å². The SMILES string of the molecule is Cc1ccc(C2NC(=NCc3ccc(F)c(F)c3)NC2c2ccc(C)cc2)cc1.Cl. The van der Waals surface area contributed by atoms with Gasteiger partial charge in [-0.25, -0.2) is 13.8 Å². The first-order valence-corrected chi connectivity index (χ1v) is 9.64. The van der Waals surface area contributed by atoms with Crippen molar-refractivity contribution in [1.29, 1.82) is 0 Å². The molecule has 30 heavy (non-hydrogen) atoms. The van der Waals surface area contributed by atoms with Crippen LogP contribution in [0.3, 0.4) is 0 Å². The zero-order valence-electron chi connectivity index (χ0n) is 16.8. The van der Waals surface area contributed by atoms with Crippen LogP contribution in [0.4, 0.5) is 8.78 Å². The molecule has 0 aromatic heterocycles. The molecule has 0 amide bonds. The van der Waals surface area contributed by atoms with Gasteiger partial charge in [0.15, 0.2) is 17.6 Å². The number of rotatable bonds is 4.